The third-order valence-electron chi connectivity index (χ3n) is 3.37. The van der Waals surface area contributed by atoms with Crippen molar-refractivity contribution in [2.24, 2.45) is 0 Å². The molecule has 102 valence electrons. The van der Waals surface area contributed by atoms with E-state index in [0.29, 0.717) is 17.3 Å². The van der Waals surface area contributed by atoms with E-state index in [-0.39, 0.29) is 11.8 Å². The maximum absolute atomic E-state index is 12.4. The zero-order valence-corrected chi connectivity index (χ0v) is 11.6. The van der Waals surface area contributed by atoms with Crippen molar-refractivity contribution in [1.82, 2.24) is 4.98 Å². The first-order valence-corrected chi connectivity index (χ1v) is 6.66. The summed E-state index contributed by atoms with van der Waals surface area (Å²) in [4.78, 5) is 16.4. The number of halogens is 1. The van der Waals surface area contributed by atoms with Crippen molar-refractivity contribution in [2.75, 3.05) is 11.9 Å². The van der Waals surface area contributed by atoms with Crippen LogP contribution in [0.4, 0.5) is 5.69 Å². The lowest BCUT2D eigenvalue weighted by Crippen LogP contribution is -2.22. The SMILES string of the molecule is Cc1ccncc1NC(=O)C1COc2ccc(Cl)cc21. The van der Waals surface area contributed by atoms with Gasteiger partial charge >= 0.3 is 0 Å². The molecule has 0 saturated carbocycles. The van der Waals surface area contributed by atoms with Gasteiger partial charge in [0.1, 0.15) is 18.3 Å². The summed E-state index contributed by atoms with van der Waals surface area (Å²) in [6.07, 6.45) is 3.33. The molecule has 0 spiro atoms. The third-order valence-corrected chi connectivity index (χ3v) is 3.60. The van der Waals surface area contributed by atoms with E-state index in [9.17, 15) is 4.79 Å². The monoisotopic (exact) mass is 288 g/mol. The first-order valence-electron chi connectivity index (χ1n) is 6.29. The maximum atomic E-state index is 12.4. The highest BCUT2D eigenvalue weighted by molar-refractivity contribution is 6.30. The molecule has 20 heavy (non-hydrogen) atoms. The summed E-state index contributed by atoms with van der Waals surface area (Å²) >= 11 is 5.98. The van der Waals surface area contributed by atoms with Crippen LogP contribution in [0.2, 0.25) is 5.02 Å². The van der Waals surface area contributed by atoms with E-state index in [1.165, 1.54) is 0 Å². The van der Waals surface area contributed by atoms with Crippen LogP contribution >= 0.6 is 11.6 Å². The maximum Gasteiger partial charge on any atom is 0.235 e. The molecule has 5 heteroatoms. The number of carbonyl (C=O) groups excluding carboxylic acids is 1. The van der Waals surface area contributed by atoms with Crippen LogP contribution in [0.15, 0.2) is 36.7 Å². The van der Waals surface area contributed by atoms with Gasteiger partial charge in [-0.3, -0.25) is 9.78 Å². The topological polar surface area (TPSA) is 51.2 Å². The van der Waals surface area contributed by atoms with Crippen LogP contribution in [0.3, 0.4) is 0 Å². The van der Waals surface area contributed by atoms with Gasteiger partial charge in [-0.05, 0) is 36.8 Å². The number of nitrogens with one attached hydrogen (secondary N) is 1. The van der Waals surface area contributed by atoms with Gasteiger partial charge < -0.3 is 10.1 Å². The van der Waals surface area contributed by atoms with Crippen molar-refractivity contribution in [2.45, 2.75) is 12.8 Å². The molecular weight excluding hydrogens is 276 g/mol. The number of pyridine rings is 1. The standard InChI is InChI=1S/C15H13ClN2O2/c1-9-4-5-17-7-13(9)18-15(19)12-8-20-14-3-2-10(16)6-11(12)14/h2-7,12H,8H2,1H3,(H,18,19). The van der Waals surface area contributed by atoms with Gasteiger partial charge in [0, 0.05) is 16.8 Å². The van der Waals surface area contributed by atoms with Crippen molar-refractivity contribution >= 4 is 23.2 Å². The van der Waals surface area contributed by atoms with Crippen molar-refractivity contribution in [1.29, 1.82) is 0 Å². The van der Waals surface area contributed by atoms with Gasteiger partial charge in [-0.25, -0.2) is 0 Å². The Morgan fingerprint density at radius 1 is 1.45 bits per heavy atom. The number of hydrogen-bond donors (Lipinski definition) is 1. The highest BCUT2D eigenvalue weighted by atomic mass is 35.5. The van der Waals surface area contributed by atoms with Crippen LogP contribution < -0.4 is 10.1 Å². The lowest BCUT2D eigenvalue weighted by molar-refractivity contribution is -0.117. The molecule has 1 aliphatic rings. The third kappa shape index (κ3) is 2.34. The summed E-state index contributed by atoms with van der Waals surface area (Å²) < 4.78 is 5.52. The van der Waals surface area contributed by atoms with E-state index in [1.807, 2.05) is 13.0 Å². The molecular formula is C15H13ClN2O2. The Labute approximate surface area is 121 Å². The Morgan fingerprint density at radius 3 is 3.10 bits per heavy atom. The zero-order valence-electron chi connectivity index (χ0n) is 10.9. The van der Waals surface area contributed by atoms with Gasteiger partial charge in [-0.1, -0.05) is 11.6 Å². The van der Waals surface area contributed by atoms with Gasteiger partial charge in [0.05, 0.1) is 11.9 Å². The number of nitrogens with zero attached hydrogens (tertiary/aromatic N) is 1. The van der Waals surface area contributed by atoms with Gasteiger partial charge in [0.2, 0.25) is 5.91 Å². The van der Waals surface area contributed by atoms with Crippen molar-refractivity contribution in [3.8, 4) is 5.75 Å². The Morgan fingerprint density at radius 2 is 2.30 bits per heavy atom. The number of hydrogen-bond acceptors (Lipinski definition) is 3. The Hall–Kier alpha value is -2.07. The van der Waals surface area contributed by atoms with E-state index in [2.05, 4.69) is 10.3 Å². The Kier molecular flexibility index (Phi) is 3.32. The van der Waals surface area contributed by atoms with Crippen LogP contribution in [0.5, 0.6) is 5.75 Å². The number of amides is 1. The van der Waals surface area contributed by atoms with Crippen LogP contribution in [0.25, 0.3) is 0 Å². The predicted molar refractivity (Wildman–Crippen MR) is 77.3 cm³/mol. The molecule has 0 bridgehead atoms. The molecule has 2 heterocycles. The molecule has 0 radical (unpaired) electrons. The molecule has 1 amide bonds. The highest BCUT2D eigenvalue weighted by Gasteiger charge is 2.30. The molecule has 0 saturated heterocycles. The second-order valence-electron chi connectivity index (χ2n) is 4.73. The number of anilines is 1. The largest absolute Gasteiger partial charge is 0.492 e. The molecule has 1 unspecified atom stereocenters. The van der Waals surface area contributed by atoms with Gasteiger partial charge in [-0.2, -0.15) is 0 Å². The predicted octanol–water partition coefficient (Wildman–Crippen LogP) is 3.16. The van der Waals surface area contributed by atoms with Crippen LogP contribution in [0.1, 0.15) is 17.0 Å². The fraction of sp³-hybridized carbons (Fsp3) is 0.200. The summed E-state index contributed by atoms with van der Waals surface area (Å²) in [6, 6.07) is 7.18. The van der Waals surface area contributed by atoms with Gasteiger partial charge in [0.25, 0.3) is 0 Å². The lowest BCUT2D eigenvalue weighted by atomic mass is 10.0. The summed E-state index contributed by atoms with van der Waals surface area (Å²) in [7, 11) is 0. The molecule has 2 aromatic rings. The molecule has 1 aromatic carbocycles. The quantitative estimate of drug-likeness (QED) is 0.923. The van der Waals surface area contributed by atoms with Crippen LogP contribution in [0, 0.1) is 6.92 Å². The van der Waals surface area contributed by atoms with E-state index >= 15 is 0 Å². The summed E-state index contributed by atoms with van der Waals surface area (Å²) in [5.41, 5.74) is 2.52. The number of ether oxygens (including phenoxy) is 1. The zero-order chi connectivity index (χ0) is 14.1. The molecule has 3 rings (SSSR count). The molecule has 4 nitrogen and oxygen atoms in total. The van der Waals surface area contributed by atoms with Gasteiger partial charge in [0.15, 0.2) is 0 Å². The van der Waals surface area contributed by atoms with E-state index < -0.39 is 0 Å². The van der Waals surface area contributed by atoms with Crippen molar-refractivity contribution in [3.05, 3.63) is 52.8 Å². The highest BCUT2D eigenvalue weighted by Crippen LogP contribution is 2.36. The van der Waals surface area contributed by atoms with Crippen LogP contribution in [-0.2, 0) is 4.79 Å². The molecule has 1 N–H and O–H groups in total. The number of benzene rings is 1. The minimum Gasteiger partial charge on any atom is -0.492 e. The number of aromatic nitrogens is 1. The van der Waals surface area contributed by atoms with Crippen LogP contribution in [-0.4, -0.2) is 17.5 Å². The van der Waals surface area contributed by atoms with Crippen molar-refractivity contribution < 1.29 is 9.53 Å². The summed E-state index contributed by atoms with van der Waals surface area (Å²) in [6.45, 7) is 2.26. The van der Waals surface area contributed by atoms with Gasteiger partial charge in [-0.15, -0.1) is 0 Å². The average Bonchev–Trinajstić information content (AvgIpc) is 2.84. The fourth-order valence-electron chi connectivity index (χ4n) is 2.22. The minimum absolute atomic E-state index is 0.109. The summed E-state index contributed by atoms with van der Waals surface area (Å²) in [5.74, 6) is 0.267. The number of aryl methyl sites for hydroxylation is 1. The fourth-order valence-corrected chi connectivity index (χ4v) is 2.40. The first-order chi connectivity index (χ1) is 9.65. The average molecular weight is 289 g/mol. The molecule has 1 aromatic heterocycles. The summed E-state index contributed by atoms with van der Waals surface area (Å²) in [5, 5.41) is 3.49. The first kappa shape index (κ1) is 12.9. The molecule has 1 atom stereocenters. The second-order valence-corrected chi connectivity index (χ2v) is 5.16. The normalized spacial score (nSPS) is 16.4. The van der Waals surface area contributed by atoms with E-state index in [1.54, 1.807) is 30.6 Å². The smallest absolute Gasteiger partial charge is 0.235 e. The van der Waals surface area contributed by atoms with E-state index in [0.717, 1.165) is 16.9 Å². The Balaban J connectivity index is 1.84. The van der Waals surface area contributed by atoms with Crippen molar-refractivity contribution in [3.63, 3.8) is 0 Å². The second kappa shape index (κ2) is 5.13. The lowest BCUT2D eigenvalue weighted by Gasteiger charge is -2.11. The molecule has 1 aliphatic heterocycles. The molecule has 0 fully saturated rings. The number of fused-ring (bicyclic) bond motifs is 1. The van der Waals surface area contributed by atoms with E-state index in [4.69, 9.17) is 16.3 Å². The number of rotatable bonds is 2. The minimum atomic E-state index is -0.344. The Bertz CT molecular complexity index is 673. The number of carbonyl (C=O) groups is 1. The molecule has 0 aliphatic carbocycles.